The number of hydrogen-bond donors (Lipinski definition) is 1. The summed E-state index contributed by atoms with van der Waals surface area (Å²) in [5.41, 5.74) is 1.24. The van der Waals surface area contributed by atoms with Crippen molar-refractivity contribution in [2.45, 2.75) is 25.8 Å². The zero-order valence-corrected chi connectivity index (χ0v) is 15.1. The zero-order chi connectivity index (χ0) is 17.6. The Balaban J connectivity index is 1.93. The highest BCUT2D eigenvalue weighted by Crippen LogP contribution is 2.33. The number of likely N-dealkylation sites (tertiary alicyclic amines) is 1. The summed E-state index contributed by atoms with van der Waals surface area (Å²) in [5, 5.41) is 3.87. The van der Waals surface area contributed by atoms with Gasteiger partial charge in [-0.25, -0.2) is 8.42 Å². The first-order chi connectivity index (χ1) is 11.3. The Kier molecular flexibility index (Phi) is 6.57. The smallest absolute Gasteiger partial charge is 0.234 e. The number of hydrogen-bond acceptors (Lipinski definition) is 4. The molecule has 132 valence electrons. The summed E-state index contributed by atoms with van der Waals surface area (Å²) in [6.07, 6.45) is 4.72. The highest BCUT2D eigenvalue weighted by molar-refractivity contribution is 7.93. The van der Waals surface area contributed by atoms with Crippen molar-refractivity contribution < 1.29 is 13.2 Å². The molecule has 1 saturated heterocycles. The highest BCUT2D eigenvalue weighted by atomic mass is 32.2. The van der Waals surface area contributed by atoms with Gasteiger partial charge in [-0.15, -0.1) is 0 Å². The zero-order valence-electron chi connectivity index (χ0n) is 14.3. The molecular formula is C18H26N2O3S. The minimum Gasteiger partial charge on any atom is -0.351 e. The molecule has 1 N–H and O–H groups in total. The second kappa shape index (κ2) is 8.44. The molecule has 1 heterocycles. The summed E-state index contributed by atoms with van der Waals surface area (Å²) in [6, 6.07) is 10.5. The van der Waals surface area contributed by atoms with E-state index in [9.17, 15) is 13.2 Å². The highest BCUT2D eigenvalue weighted by Gasteiger charge is 2.28. The molecule has 6 heteroatoms. The molecule has 0 saturated carbocycles. The number of piperidine rings is 1. The predicted molar refractivity (Wildman–Crippen MR) is 96.1 cm³/mol. The second-order valence-electron chi connectivity index (χ2n) is 6.53. The van der Waals surface area contributed by atoms with Crippen molar-refractivity contribution in [2.75, 3.05) is 25.9 Å². The van der Waals surface area contributed by atoms with Gasteiger partial charge in [-0.3, -0.25) is 9.69 Å². The number of sulfone groups is 1. The molecule has 1 aromatic carbocycles. The largest absolute Gasteiger partial charge is 0.351 e. The molecule has 2 rings (SSSR count). The van der Waals surface area contributed by atoms with E-state index in [2.05, 4.69) is 29.3 Å². The van der Waals surface area contributed by atoms with Gasteiger partial charge in [0.15, 0.2) is 9.84 Å². The van der Waals surface area contributed by atoms with Crippen LogP contribution in [0.4, 0.5) is 0 Å². The van der Waals surface area contributed by atoms with E-state index in [-0.39, 0.29) is 18.5 Å². The lowest BCUT2D eigenvalue weighted by molar-refractivity contribution is -0.123. The van der Waals surface area contributed by atoms with Gasteiger partial charge in [0.25, 0.3) is 0 Å². The van der Waals surface area contributed by atoms with Crippen LogP contribution in [0.25, 0.3) is 0 Å². The van der Waals surface area contributed by atoms with Gasteiger partial charge in [0.2, 0.25) is 5.91 Å². The number of carbonyl (C=O) groups excluding carboxylic acids is 1. The van der Waals surface area contributed by atoms with Crippen molar-refractivity contribution in [2.24, 2.45) is 5.92 Å². The Morgan fingerprint density at radius 3 is 2.71 bits per heavy atom. The molecule has 0 aliphatic carbocycles. The lowest BCUT2D eigenvalue weighted by Gasteiger charge is -2.38. The summed E-state index contributed by atoms with van der Waals surface area (Å²) in [4.78, 5) is 14.4. The van der Waals surface area contributed by atoms with Crippen LogP contribution < -0.4 is 5.32 Å². The molecule has 0 unspecified atom stereocenters. The third-order valence-corrected chi connectivity index (χ3v) is 4.95. The molecule has 2 atom stereocenters. The molecule has 1 fully saturated rings. The quantitative estimate of drug-likeness (QED) is 0.853. The van der Waals surface area contributed by atoms with E-state index in [0.717, 1.165) is 31.1 Å². The molecule has 0 spiro atoms. The number of nitrogens with zero attached hydrogens (tertiary/aromatic N) is 1. The van der Waals surface area contributed by atoms with Gasteiger partial charge < -0.3 is 5.32 Å². The van der Waals surface area contributed by atoms with Crippen LogP contribution in [-0.4, -0.2) is 45.1 Å². The maximum absolute atomic E-state index is 12.2. The van der Waals surface area contributed by atoms with Crippen LogP contribution in [0.2, 0.25) is 0 Å². The van der Waals surface area contributed by atoms with Gasteiger partial charge in [0, 0.05) is 24.3 Å². The molecule has 1 amide bonds. The van der Waals surface area contributed by atoms with Crippen LogP contribution in [0, 0.1) is 5.92 Å². The monoisotopic (exact) mass is 350 g/mol. The van der Waals surface area contributed by atoms with Gasteiger partial charge in [-0.2, -0.15) is 0 Å². The molecule has 5 nitrogen and oxygen atoms in total. The fourth-order valence-corrected chi connectivity index (χ4v) is 3.48. The first-order valence-electron chi connectivity index (χ1n) is 8.27. The van der Waals surface area contributed by atoms with Gasteiger partial charge in [0.1, 0.15) is 0 Å². The lowest BCUT2D eigenvalue weighted by atomic mass is 9.88. The van der Waals surface area contributed by atoms with E-state index in [1.807, 2.05) is 18.2 Å². The summed E-state index contributed by atoms with van der Waals surface area (Å²) in [7, 11) is -3.14. The molecule has 24 heavy (non-hydrogen) atoms. The predicted octanol–water partition coefficient (Wildman–Crippen LogP) is 2.13. The summed E-state index contributed by atoms with van der Waals surface area (Å²) in [5.74, 6) is 0.566. The van der Waals surface area contributed by atoms with E-state index in [1.165, 1.54) is 11.6 Å². The van der Waals surface area contributed by atoms with Crippen molar-refractivity contribution in [3.63, 3.8) is 0 Å². The molecule has 1 aliphatic rings. The van der Waals surface area contributed by atoms with Crippen molar-refractivity contribution in [3.8, 4) is 0 Å². The third kappa shape index (κ3) is 6.09. The summed E-state index contributed by atoms with van der Waals surface area (Å²) >= 11 is 0. The van der Waals surface area contributed by atoms with Crippen molar-refractivity contribution in [1.29, 1.82) is 0 Å². The standard InChI is InChI=1S/C18H26N2O3S/c1-15-9-11-20(17(13-15)16-7-4-3-5-8-16)14-18(21)19-10-6-12-24(2,22)23/h3-8,12,15,17H,9-11,13-14H2,1-2H3,(H,19,21)/b12-6+/t15-,17+/m0/s1. The molecule has 0 radical (unpaired) electrons. The van der Waals surface area contributed by atoms with E-state index in [4.69, 9.17) is 0 Å². The van der Waals surface area contributed by atoms with Crippen LogP contribution in [0.15, 0.2) is 41.8 Å². The second-order valence-corrected chi connectivity index (χ2v) is 8.46. The Hall–Kier alpha value is -1.66. The minimum atomic E-state index is -3.14. The molecule has 1 aliphatic heterocycles. The van der Waals surface area contributed by atoms with E-state index in [1.54, 1.807) is 0 Å². The Bertz CT molecular complexity index is 671. The third-order valence-electron chi connectivity index (χ3n) is 4.27. The van der Waals surface area contributed by atoms with E-state index < -0.39 is 9.84 Å². The lowest BCUT2D eigenvalue weighted by Crippen LogP contribution is -2.43. The normalized spacial score (nSPS) is 22.6. The summed E-state index contributed by atoms with van der Waals surface area (Å²) < 4.78 is 22.0. The molecule has 1 aromatic rings. The molecular weight excluding hydrogens is 324 g/mol. The fraction of sp³-hybridized carbons (Fsp3) is 0.500. The Morgan fingerprint density at radius 2 is 2.04 bits per heavy atom. The summed E-state index contributed by atoms with van der Waals surface area (Å²) in [6.45, 7) is 3.71. The molecule has 0 aromatic heterocycles. The van der Waals surface area contributed by atoms with Crippen molar-refractivity contribution in [3.05, 3.63) is 47.4 Å². The van der Waals surface area contributed by atoms with Crippen LogP contribution in [-0.2, 0) is 14.6 Å². The average molecular weight is 350 g/mol. The van der Waals surface area contributed by atoms with Crippen molar-refractivity contribution >= 4 is 15.7 Å². The van der Waals surface area contributed by atoms with Crippen LogP contribution in [0.3, 0.4) is 0 Å². The number of amides is 1. The fourth-order valence-electron chi connectivity index (χ4n) is 3.04. The van der Waals surface area contributed by atoms with E-state index >= 15 is 0 Å². The topological polar surface area (TPSA) is 66.5 Å². The number of benzene rings is 1. The average Bonchev–Trinajstić information content (AvgIpc) is 2.53. The van der Waals surface area contributed by atoms with Crippen LogP contribution in [0.1, 0.15) is 31.4 Å². The van der Waals surface area contributed by atoms with Gasteiger partial charge in [-0.1, -0.05) is 43.3 Å². The van der Waals surface area contributed by atoms with Gasteiger partial charge >= 0.3 is 0 Å². The SMILES string of the molecule is C[C@H]1CCN(CC(=O)NC/C=C/S(C)(=O)=O)[C@@H](c2ccccc2)C1. The van der Waals surface area contributed by atoms with Crippen molar-refractivity contribution in [1.82, 2.24) is 10.2 Å². The first kappa shape index (κ1) is 18.7. The molecule has 0 bridgehead atoms. The van der Waals surface area contributed by atoms with E-state index in [0.29, 0.717) is 12.5 Å². The number of nitrogens with one attached hydrogen (secondary N) is 1. The maximum Gasteiger partial charge on any atom is 0.234 e. The number of rotatable bonds is 6. The minimum absolute atomic E-state index is 0.0800. The Morgan fingerprint density at radius 1 is 1.33 bits per heavy atom. The first-order valence-corrected chi connectivity index (χ1v) is 10.2. The Labute approximate surface area is 144 Å². The van der Waals surface area contributed by atoms with Crippen LogP contribution >= 0.6 is 0 Å². The van der Waals surface area contributed by atoms with Gasteiger partial charge in [0.05, 0.1) is 6.54 Å². The van der Waals surface area contributed by atoms with Gasteiger partial charge in [-0.05, 0) is 30.9 Å². The number of carbonyl (C=O) groups is 1. The van der Waals surface area contributed by atoms with Crippen LogP contribution in [0.5, 0.6) is 0 Å². The maximum atomic E-state index is 12.2.